The molecule has 0 spiro atoms. The zero-order valence-corrected chi connectivity index (χ0v) is 9.08. The Morgan fingerprint density at radius 1 is 1.07 bits per heavy atom. The van der Waals surface area contributed by atoms with Crippen LogP contribution in [-0.2, 0) is 14.3 Å². The smallest absolute Gasteiger partial charge is 0.317 e. The Hall–Kier alpha value is -0.860. The highest BCUT2D eigenvalue weighted by molar-refractivity contribution is 5.96. The van der Waals surface area contributed by atoms with Crippen molar-refractivity contribution in [1.29, 1.82) is 0 Å². The van der Waals surface area contributed by atoms with Crippen molar-refractivity contribution in [2.24, 2.45) is 17.8 Å². The second kappa shape index (κ2) is 4.58. The summed E-state index contributed by atoms with van der Waals surface area (Å²) in [4.78, 5) is 22.2. The zero-order valence-electron chi connectivity index (χ0n) is 9.08. The molecule has 1 saturated heterocycles. The van der Waals surface area contributed by atoms with Crippen LogP contribution in [0.5, 0.6) is 0 Å². The van der Waals surface area contributed by atoms with Gasteiger partial charge < -0.3 is 4.74 Å². The number of carbonyl (C=O) groups excluding carboxylic acids is 2. The quantitative estimate of drug-likeness (QED) is 0.442. The summed E-state index contributed by atoms with van der Waals surface area (Å²) in [5.41, 5.74) is 0. The Morgan fingerprint density at radius 2 is 1.64 bits per heavy atom. The van der Waals surface area contributed by atoms with Crippen molar-refractivity contribution in [2.75, 3.05) is 0 Å². The van der Waals surface area contributed by atoms with Crippen LogP contribution in [0.3, 0.4) is 0 Å². The third kappa shape index (κ3) is 1.97. The molecule has 2 aliphatic rings. The first-order valence-electron chi connectivity index (χ1n) is 5.44. The molecular formula is C11H18O3. The topological polar surface area (TPSA) is 43.4 Å². The van der Waals surface area contributed by atoms with Crippen LogP contribution in [-0.4, -0.2) is 11.9 Å². The summed E-state index contributed by atoms with van der Waals surface area (Å²) in [6.45, 7) is 6.12. The lowest BCUT2D eigenvalue weighted by Gasteiger charge is -2.24. The summed E-state index contributed by atoms with van der Waals surface area (Å²) in [6.07, 6.45) is 2.70. The molecule has 0 aromatic rings. The van der Waals surface area contributed by atoms with E-state index in [0.29, 0.717) is 5.92 Å². The summed E-state index contributed by atoms with van der Waals surface area (Å²) in [6, 6.07) is 0. The van der Waals surface area contributed by atoms with Gasteiger partial charge in [-0.25, -0.2) is 0 Å². The van der Waals surface area contributed by atoms with Crippen LogP contribution in [0, 0.1) is 17.8 Å². The van der Waals surface area contributed by atoms with Gasteiger partial charge in [0.15, 0.2) is 0 Å². The fourth-order valence-electron chi connectivity index (χ4n) is 2.17. The molecule has 2 fully saturated rings. The fraction of sp³-hybridized carbons (Fsp3) is 0.818. The average molecular weight is 198 g/mol. The van der Waals surface area contributed by atoms with Gasteiger partial charge >= 0.3 is 11.9 Å². The molecule has 1 aliphatic heterocycles. The molecule has 1 heterocycles. The molecule has 3 heteroatoms. The van der Waals surface area contributed by atoms with E-state index < -0.39 is 0 Å². The van der Waals surface area contributed by atoms with E-state index in [1.165, 1.54) is 0 Å². The van der Waals surface area contributed by atoms with Gasteiger partial charge in [-0.15, -0.1) is 0 Å². The number of cyclic esters (lactones) is 2. The summed E-state index contributed by atoms with van der Waals surface area (Å²) >= 11 is 0. The monoisotopic (exact) mass is 198 g/mol. The molecule has 1 saturated carbocycles. The molecule has 0 N–H and O–H groups in total. The number of ether oxygens (including phenoxy) is 1. The van der Waals surface area contributed by atoms with Gasteiger partial charge in [-0.3, -0.25) is 9.59 Å². The van der Waals surface area contributed by atoms with Gasteiger partial charge in [-0.2, -0.15) is 0 Å². The standard InChI is InChI=1S/C9H12O3.C2H6/c1-5-2-3-6-7(4-5)9(11)12-8(6)10;1-2/h5-7H,2-4H2,1H3;1-2H3. The van der Waals surface area contributed by atoms with Crippen molar-refractivity contribution in [1.82, 2.24) is 0 Å². The predicted octanol–water partition coefficient (Wildman–Crippen LogP) is 2.15. The van der Waals surface area contributed by atoms with Crippen LogP contribution >= 0.6 is 0 Å². The number of hydrogen-bond acceptors (Lipinski definition) is 3. The molecule has 80 valence electrons. The minimum absolute atomic E-state index is 0.117. The average Bonchev–Trinajstić information content (AvgIpc) is 2.46. The molecule has 0 amide bonds. The maximum atomic E-state index is 11.1. The SMILES string of the molecule is CC.CC1CCC2C(=O)OC(=O)C2C1. The van der Waals surface area contributed by atoms with Gasteiger partial charge in [0.05, 0.1) is 11.8 Å². The molecule has 14 heavy (non-hydrogen) atoms. The molecule has 0 bridgehead atoms. The number of hydrogen-bond donors (Lipinski definition) is 0. The van der Waals surface area contributed by atoms with Crippen molar-refractivity contribution >= 4 is 11.9 Å². The van der Waals surface area contributed by atoms with Crippen LogP contribution in [0.25, 0.3) is 0 Å². The van der Waals surface area contributed by atoms with Gasteiger partial charge in [0, 0.05) is 0 Å². The maximum Gasteiger partial charge on any atom is 0.317 e. The van der Waals surface area contributed by atoms with Crippen LogP contribution in [0.1, 0.15) is 40.0 Å². The summed E-state index contributed by atoms with van der Waals surface area (Å²) < 4.78 is 4.58. The van der Waals surface area contributed by atoms with Crippen molar-refractivity contribution in [3.63, 3.8) is 0 Å². The van der Waals surface area contributed by atoms with Crippen molar-refractivity contribution in [3.8, 4) is 0 Å². The van der Waals surface area contributed by atoms with E-state index in [0.717, 1.165) is 19.3 Å². The van der Waals surface area contributed by atoms with Crippen LogP contribution < -0.4 is 0 Å². The normalized spacial score (nSPS) is 35.5. The van der Waals surface area contributed by atoms with E-state index in [-0.39, 0.29) is 23.8 Å². The first-order valence-corrected chi connectivity index (χ1v) is 5.44. The van der Waals surface area contributed by atoms with Crippen molar-refractivity contribution < 1.29 is 14.3 Å². The molecule has 0 radical (unpaired) electrons. The van der Waals surface area contributed by atoms with E-state index >= 15 is 0 Å². The fourth-order valence-corrected chi connectivity index (χ4v) is 2.17. The zero-order chi connectivity index (χ0) is 10.7. The van der Waals surface area contributed by atoms with Gasteiger partial charge in [-0.05, 0) is 25.2 Å². The van der Waals surface area contributed by atoms with Crippen LogP contribution in [0.4, 0.5) is 0 Å². The number of rotatable bonds is 0. The largest absolute Gasteiger partial charge is 0.393 e. The maximum absolute atomic E-state index is 11.1. The Kier molecular flexibility index (Phi) is 3.67. The third-order valence-electron chi connectivity index (χ3n) is 2.92. The Bertz CT molecular complexity index is 235. The van der Waals surface area contributed by atoms with Gasteiger partial charge in [0.2, 0.25) is 0 Å². The van der Waals surface area contributed by atoms with Gasteiger partial charge in [0.25, 0.3) is 0 Å². The molecule has 1 aliphatic carbocycles. The molecule has 3 nitrogen and oxygen atoms in total. The van der Waals surface area contributed by atoms with E-state index in [4.69, 9.17) is 0 Å². The van der Waals surface area contributed by atoms with Crippen LogP contribution in [0.2, 0.25) is 0 Å². The summed E-state index contributed by atoms with van der Waals surface area (Å²) in [7, 11) is 0. The minimum Gasteiger partial charge on any atom is -0.393 e. The lowest BCUT2D eigenvalue weighted by Crippen LogP contribution is -2.25. The lowest BCUT2D eigenvalue weighted by atomic mass is 9.76. The van der Waals surface area contributed by atoms with Gasteiger partial charge in [0.1, 0.15) is 0 Å². The number of carbonyl (C=O) groups is 2. The first kappa shape index (κ1) is 11.2. The van der Waals surface area contributed by atoms with E-state index in [2.05, 4.69) is 11.7 Å². The molecule has 3 atom stereocenters. The van der Waals surface area contributed by atoms with E-state index in [1.807, 2.05) is 13.8 Å². The van der Waals surface area contributed by atoms with Gasteiger partial charge in [-0.1, -0.05) is 20.8 Å². The Morgan fingerprint density at radius 3 is 2.29 bits per heavy atom. The Balaban J connectivity index is 0.000000461. The highest BCUT2D eigenvalue weighted by atomic mass is 16.6. The lowest BCUT2D eigenvalue weighted by molar-refractivity contribution is -0.153. The van der Waals surface area contributed by atoms with Crippen molar-refractivity contribution in [2.45, 2.75) is 40.0 Å². The highest BCUT2D eigenvalue weighted by Gasteiger charge is 2.46. The Labute approximate surface area is 84.8 Å². The molecule has 2 rings (SSSR count). The first-order chi connectivity index (χ1) is 6.68. The van der Waals surface area contributed by atoms with E-state index in [1.54, 1.807) is 0 Å². The molecule has 0 aromatic carbocycles. The molecule has 3 unspecified atom stereocenters. The predicted molar refractivity (Wildman–Crippen MR) is 52.4 cm³/mol. The molecular weight excluding hydrogens is 180 g/mol. The number of fused-ring (bicyclic) bond motifs is 1. The van der Waals surface area contributed by atoms with Crippen molar-refractivity contribution in [3.05, 3.63) is 0 Å². The third-order valence-corrected chi connectivity index (χ3v) is 2.92. The second-order valence-electron chi connectivity index (χ2n) is 3.87. The van der Waals surface area contributed by atoms with Crippen LogP contribution in [0.15, 0.2) is 0 Å². The highest BCUT2D eigenvalue weighted by Crippen LogP contribution is 2.38. The molecule has 0 aromatic heterocycles. The minimum atomic E-state index is -0.295. The number of esters is 2. The van der Waals surface area contributed by atoms with E-state index in [9.17, 15) is 9.59 Å². The summed E-state index contributed by atoms with van der Waals surface area (Å²) in [5, 5.41) is 0. The summed E-state index contributed by atoms with van der Waals surface area (Å²) in [5.74, 6) is -0.270. The second-order valence-corrected chi connectivity index (χ2v) is 3.87.